The zero-order valence-electron chi connectivity index (χ0n) is 16.4. The van der Waals surface area contributed by atoms with Gasteiger partial charge in [0.2, 0.25) is 0 Å². The fourth-order valence-corrected chi connectivity index (χ4v) is 4.92. The predicted molar refractivity (Wildman–Crippen MR) is 123 cm³/mol. The highest BCUT2D eigenvalue weighted by atomic mass is 35.5. The van der Waals surface area contributed by atoms with Crippen molar-refractivity contribution in [2.75, 3.05) is 6.26 Å². The maximum atomic E-state index is 11.8. The molecular formula is C23H19ClN2O2S2. The molecule has 7 heteroatoms. The summed E-state index contributed by atoms with van der Waals surface area (Å²) in [5, 5.41) is 1.52. The predicted octanol–water partition coefficient (Wildman–Crippen LogP) is 5.96. The van der Waals surface area contributed by atoms with Gasteiger partial charge < -0.3 is 4.57 Å². The van der Waals surface area contributed by atoms with Crippen LogP contribution in [0.3, 0.4) is 0 Å². The van der Waals surface area contributed by atoms with Gasteiger partial charge >= 0.3 is 0 Å². The average molecular weight is 455 g/mol. The third-order valence-electron chi connectivity index (χ3n) is 4.68. The molecule has 0 N–H and O–H groups in total. The van der Waals surface area contributed by atoms with E-state index < -0.39 is 9.84 Å². The molecular weight excluding hydrogens is 436 g/mol. The number of rotatable bonds is 5. The van der Waals surface area contributed by atoms with E-state index in [1.807, 2.05) is 78.3 Å². The highest BCUT2D eigenvalue weighted by Gasteiger charge is 2.19. The molecule has 0 bridgehead atoms. The smallest absolute Gasteiger partial charge is 0.175 e. The Balaban J connectivity index is 1.84. The lowest BCUT2D eigenvalue weighted by molar-refractivity contribution is 0.602. The first-order chi connectivity index (χ1) is 14.3. The van der Waals surface area contributed by atoms with E-state index in [9.17, 15) is 8.42 Å². The van der Waals surface area contributed by atoms with Gasteiger partial charge in [-0.2, -0.15) is 0 Å². The van der Waals surface area contributed by atoms with Crippen molar-refractivity contribution in [3.8, 4) is 22.6 Å². The lowest BCUT2D eigenvalue weighted by Crippen LogP contribution is -1.98. The highest BCUT2D eigenvalue weighted by Crippen LogP contribution is 2.38. The second kappa shape index (κ2) is 8.30. The average Bonchev–Trinajstić information content (AvgIpc) is 3.05. The first-order valence-corrected chi connectivity index (χ1v) is 12.3. The van der Waals surface area contributed by atoms with Gasteiger partial charge in [-0.15, -0.1) is 0 Å². The van der Waals surface area contributed by atoms with Crippen LogP contribution in [0.5, 0.6) is 0 Å². The van der Waals surface area contributed by atoms with Gasteiger partial charge in [0.15, 0.2) is 9.84 Å². The molecule has 1 aromatic heterocycles. The SMILES string of the molecule is Cn1c(-c2ccccc2)nc(Sc2ccc(Cl)cc2)c1-c1ccc(S(C)(=O)=O)cc1. The quantitative estimate of drug-likeness (QED) is 0.373. The molecule has 0 radical (unpaired) electrons. The molecule has 152 valence electrons. The van der Waals surface area contributed by atoms with Gasteiger partial charge in [0.05, 0.1) is 10.6 Å². The standard InChI is InChI=1S/C23H19ClN2O2S2/c1-26-21(16-8-14-20(15-9-16)30(2,27)28)23(29-19-12-10-18(24)11-13-19)25-22(26)17-6-4-3-5-7-17/h3-15H,1-2H3. The van der Waals surface area contributed by atoms with Crippen molar-refractivity contribution in [1.82, 2.24) is 9.55 Å². The Hall–Kier alpha value is -2.54. The topological polar surface area (TPSA) is 52.0 Å². The Labute approximate surface area is 185 Å². The molecule has 0 aliphatic heterocycles. The van der Waals surface area contributed by atoms with Crippen LogP contribution in [0.1, 0.15) is 0 Å². The Kier molecular flexibility index (Phi) is 5.73. The van der Waals surface area contributed by atoms with Gasteiger partial charge in [0, 0.05) is 34.3 Å². The maximum absolute atomic E-state index is 11.8. The highest BCUT2D eigenvalue weighted by molar-refractivity contribution is 7.99. The van der Waals surface area contributed by atoms with Crippen molar-refractivity contribution in [3.05, 3.63) is 83.9 Å². The Morgan fingerprint density at radius 2 is 1.50 bits per heavy atom. The van der Waals surface area contributed by atoms with Crippen LogP contribution in [-0.4, -0.2) is 24.2 Å². The van der Waals surface area contributed by atoms with E-state index >= 15 is 0 Å². The van der Waals surface area contributed by atoms with E-state index in [1.54, 1.807) is 23.9 Å². The summed E-state index contributed by atoms with van der Waals surface area (Å²) in [7, 11) is -1.28. The van der Waals surface area contributed by atoms with Gasteiger partial charge in [0.25, 0.3) is 0 Å². The lowest BCUT2D eigenvalue weighted by Gasteiger charge is -2.09. The first-order valence-electron chi connectivity index (χ1n) is 9.19. The molecule has 4 nitrogen and oxygen atoms in total. The molecule has 0 atom stereocenters. The molecule has 0 fully saturated rings. The van der Waals surface area contributed by atoms with Crippen LogP contribution in [0, 0.1) is 0 Å². The number of nitrogens with zero attached hydrogens (tertiary/aromatic N) is 2. The molecule has 4 aromatic rings. The minimum atomic E-state index is -3.25. The molecule has 0 amide bonds. The van der Waals surface area contributed by atoms with Crippen molar-refractivity contribution in [3.63, 3.8) is 0 Å². The van der Waals surface area contributed by atoms with Gasteiger partial charge in [-0.1, -0.05) is 65.8 Å². The van der Waals surface area contributed by atoms with Crippen LogP contribution in [0.4, 0.5) is 0 Å². The maximum Gasteiger partial charge on any atom is 0.175 e. The Bertz CT molecular complexity index is 1280. The Morgan fingerprint density at radius 1 is 0.867 bits per heavy atom. The molecule has 0 saturated heterocycles. The lowest BCUT2D eigenvalue weighted by atomic mass is 10.1. The third-order valence-corrected chi connectivity index (χ3v) is 7.05. The summed E-state index contributed by atoms with van der Waals surface area (Å²) in [5.74, 6) is 0.842. The van der Waals surface area contributed by atoms with Gasteiger partial charge in [-0.3, -0.25) is 0 Å². The summed E-state index contributed by atoms with van der Waals surface area (Å²) in [5.41, 5.74) is 2.84. The summed E-state index contributed by atoms with van der Waals surface area (Å²) < 4.78 is 25.7. The van der Waals surface area contributed by atoms with Crippen LogP contribution in [0.2, 0.25) is 5.02 Å². The number of benzene rings is 3. The van der Waals surface area contributed by atoms with Crippen molar-refractivity contribution < 1.29 is 8.42 Å². The number of hydrogen-bond acceptors (Lipinski definition) is 4. The monoisotopic (exact) mass is 454 g/mol. The van der Waals surface area contributed by atoms with Crippen molar-refractivity contribution in [1.29, 1.82) is 0 Å². The van der Waals surface area contributed by atoms with Crippen LogP contribution < -0.4 is 0 Å². The van der Waals surface area contributed by atoms with Crippen molar-refractivity contribution >= 4 is 33.2 Å². The molecule has 0 saturated carbocycles. The van der Waals surface area contributed by atoms with Crippen LogP contribution in [0.25, 0.3) is 22.6 Å². The van der Waals surface area contributed by atoms with Crippen LogP contribution in [0.15, 0.2) is 93.7 Å². The molecule has 0 aliphatic rings. The molecule has 3 aromatic carbocycles. The normalized spacial score (nSPS) is 11.6. The fraction of sp³-hybridized carbons (Fsp3) is 0.0870. The number of imidazole rings is 1. The first kappa shape index (κ1) is 20.7. The van der Waals surface area contributed by atoms with Crippen LogP contribution >= 0.6 is 23.4 Å². The molecule has 30 heavy (non-hydrogen) atoms. The number of aromatic nitrogens is 2. The second-order valence-corrected chi connectivity index (χ2v) is 10.4. The zero-order chi connectivity index (χ0) is 21.3. The van der Waals surface area contributed by atoms with Crippen LogP contribution in [-0.2, 0) is 16.9 Å². The molecule has 0 unspecified atom stereocenters. The van der Waals surface area contributed by atoms with Crippen molar-refractivity contribution in [2.45, 2.75) is 14.8 Å². The number of sulfone groups is 1. The fourth-order valence-electron chi connectivity index (χ4n) is 3.18. The summed E-state index contributed by atoms with van der Waals surface area (Å²) in [6.07, 6.45) is 1.21. The van der Waals surface area contributed by atoms with Gasteiger partial charge in [-0.25, -0.2) is 13.4 Å². The molecule has 4 rings (SSSR count). The number of halogens is 1. The minimum absolute atomic E-state index is 0.295. The van der Waals surface area contributed by atoms with E-state index in [4.69, 9.17) is 16.6 Å². The van der Waals surface area contributed by atoms with E-state index in [0.717, 1.165) is 32.6 Å². The summed E-state index contributed by atoms with van der Waals surface area (Å²) in [4.78, 5) is 6.23. The third kappa shape index (κ3) is 4.31. The zero-order valence-corrected chi connectivity index (χ0v) is 18.8. The van der Waals surface area contributed by atoms with E-state index in [-0.39, 0.29) is 0 Å². The summed E-state index contributed by atoms with van der Waals surface area (Å²) in [6.45, 7) is 0. The van der Waals surface area contributed by atoms with Gasteiger partial charge in [0.1, 0.15) is 10.9 Å². The molecule has 0 spiro atoms. The van der Waals surface area contributed by atoms with Gasteiger partial charge in [-0.05, 0) is 36.4 Å². The summed E-state index contributed by atoms with van der Waals surface area (Å²) in [6, 6.07) is 24.5. The van der Waals surface area contributed by atoms with E-state index in [2.05, 4.69) is 0 Å². The minimum Gasteiger partial charge on any atom is -0.326 e. The summed E-state index contributed by atoms with van der Waals surface area (Å²) >= 11 is 7.57. The largest absolute Gasteiger partial charge is 0.326 e. The number of hydrogen-bond donors (Lipinski definition) is 0. The Morgan fingerprint density at radius 3 is 2.10 bits per heavy atom. The van der Waals surface area contributed by atoms with E-state index in [1.165, 1.54) is 6.26 Å². The van der Waals surface area contributed by atoms with E-state index in [0.29, 0.717) is 9.92 Å². The van der Waals surface area contributed by atoms with Crippen molar-refractivity contribution in [2.24, 2.45) is 7.05 Å². The molecule has 0 aliphatic carbocycles. The second-order valence-electron chi connectivity index (χ2n) is 6.87. The molecule has 1 heterocycles.